The topological polar surface area (TPSA) is 40.5 Å². The molecular formula is C15H22I2O2. The highest BCUT2D eigenvalue weighted by atomic mass is 127. The summed E-state index contributed by atoms with van der Waals surface area (Å²) >= 11 is 4.74. The number of rotatable bonds is 8. The third-order valence-electron chi connectivity index (χ3n) is 3.25. The zero-order valence-corrected chi connectivity index (χ0v) is 15.6. The molecule has 0 heterocycles. The van der Waals surface area contributed by atoms with Gasteiger partial charge in [0.1, 0.15) is 1.43 Å². The molecule has 19 heavy (non-hydrogen) atoms. The van der Waals surface area contributed by atoms with E-state index in [0.717, 1.165) is 18.4 Å². The summed E-state index contributed by atoms with van der Waals surface area (Å²) in [7, 11) is 0. The first-order chi connectivity index (χ1) is 8.99. The van der Waals surface area contributed by atoms with Crippen molar-refractivity contribution in [1.29, 1.82) is 0 Å². The van der Waals surface area contributed by atoms with Crippen molar-refractivity contribution in [2.75, 3.05) is 0 Å². The zero-order chi connectivity index (χ0) is 14.3. The average molecular weight is 488 g/mol. The van der Waals surface area contributed by atoms with Gasteiger partial charge in [0, 0.05) is 5.56 Å². The Morgan fingerprint density at radius 2 is 1.63 bits per heavy atom. The maximum absolute atomic E-state index is 9.95. The Morgan fingerprint density at radius 1 is 1.00 bits per heavy atom. The fraction of sp³-hybridized carbons (Fsp3) is 0.600. The van der Waals surface area contributed by atoms with Gasteiger partial charge in [-0.2, -0.15) is 0 Å². The predicted octanol–water partition coefficient (Wildman–Crippen LogP) is 5.87. The number of halogens is 2. The van der Waals surface area contributed by atoms with Crippen LogP contribution in [0, 0.1) is 0 Å². The minimum atomic E-state index is -0.150. The largest absolute Gasteiger partial charge is 0.504 e. The molecule has 108 valence electrons. The van der Waals surface area contributed by atoms with Crippen LogP contribution in [0.4, 0.5) is 0 Å². The molecule has 0 atom stereocenters. The molecule has 0 aromatic heterocycles. The quantitative estimate of drug-likeness (QED) is 0.208. The molecule has 0 saturated carbocycles. The third kappa shape index (κ3) is 5.65. The number of hydrogen-bond acceptors (Lipinski definition) is 2. The second-order valence-electron chi connectivity index (χ2n) is 4.90. The zero-order valence-electron chi connectivity index (χ0n) is 11.3. The summed E-state index contributed by atoms with van der Waals surface area (Å²) in [6.45, 7) is 2.23. The molecule has 0 radical (unpaired) electrons. The molecule has 0 aliphatic heterocycles. The molecule has 0 saturated heterocycles. The number of para-hydroxylation sites is 1. The van der Waals surface area contributed by atoms with Crippen molar-refractivity contribution in [2.24, 2.45) is 0 Å². The fourth-order valence-electron chi connectivity index (χ4n) is 2.09. The van der Waals surface area contributed by atoms with E-state index in [2.05, 4.69) is 52.1 Å². The summed E-state index contributed by atoms with van der Waals surface area (Å²) in [4.78, 5) is 0. The lowest BCUT2D eigenvalue weighted by Crippen LogP contribution is -2.08. The molecule has 0 amide bonds. The van der Waals surface area contributed by atoms with Gasteiger partial charge >= 0.3 is 0 Å². The fourth-order valence-corrected chi connectivity index (χ4v) is 3.72. The Hall–Kier alpha value is 0.280. The van der Waals surface area contributed by atoms with Crippen LogP contribution in [0.5, 0.6) is 11.5 Å². The summed E-state index contributed by atoms with van der Waals surface area (Å²) < 4.78 is -0.150. The second-order valence-corrected chi connectivity index (χ2v) is 10.6. The van der Waals surface area contributed by atoms with Gasteiger partial charge in [-0.15, -0.1) is 0 Å². The smallest absolute Gasteiger partial charge is 0.162 e. The van der Waals surface area contributed by atoms with Crippen LogP contribution in [0.2, 0.25) is 0 Å². The molecule has 0 aliphatic carbocycles. The van der Waals surface area contributed by atoms with E-state index in [0.29, 0.717) is 0 Å². The Labute approximate surface area is 143 Å². The lowest BCUT2D eigenvalue weighted by molar-refractivity contribution is 0.398. The van der Waals surface area contributed by atoms with Crippen LogP contribution in [-0.4, -0.2) is 10.2 Å². The molecule has 0 bridgehead atoms. The van der Waals surface area contributed by atoms with E-state index in [4.69, 9.17) is 0 Å². The van der Waals surface area contributed by atoms with Gasteiger partial charge in [0.25, 0.3) is 0 Å². The Kier molecular flexibility index (Phi) is 7.79. The molecule has 1 aromatic rings. The number of benzene rings is 1. The van der Waals surface area contributed by atoms with E-state index in [-0.39, 0.29) is 12.9 Å². The number of phenolic OH excluding ortho intramolecular Hbond substituents is 2. The van der Waals surface area contributed by atoms with Crippen molar-refractivity contribution in [2.45, 2.75) is 53.3 Å². The van der Waals surface area contributed by atoms with Crippen LogP contribution in [0.3, 0.4) is 0 Å². The Morgan fingerprint density at radius 3 is 2.32 bits per heavy atom. The van der Waals surface area contributed by atoms with E-state index in [9.17, 15) is 10.2 Å². The molecule has 4 heteroatoms. The number of phenols is 2. The minimum absolute atomic E-state index is 0.0253. The number of unbranched alkanes of at least 4 members (excludes halogenated alkanes) is 5. The Bertz CT molecular complexity index is 392. The van der Waals surface area contributed by atoms with Crippen LogP contribution in [0.1, 0.15) is 57.4 Å². The van der Waals surface area contributed by atoms with Crippen molar-refractivity contribution in [3.05, 3.63) is 23.8 Å². The highest BCUT2D eigenvalue weighted by Gasteiger charge is 2.28. The molecule has 2 N–H and O–H groups in total. The van der Waals surface area contributed by atoms with Gasteiger partial charge in [-0.1, -0.05) is 103 Å². The normalized spacial score (nSPS) is 11.7. The maximum Gasteiger partial charge on any atom is 0.162 e. The van der Waals surface area contributed by atoms with E-state index in [1.165, 1.54) is 38.2 Å². The standard InChI is InChI=1S/C15H22I2O2/c1-2-3-4-5-6-7-11-15(16,17)12-9-8-10-13(18)14(12)19/h8-10,18-19H,2-7,11H2,1H3. The van der Waals surface area contributed by atoms with Crippen molar-refractivity contribution >= 4 is 45.2 Å². The lowest BCUT2D eigenvalue weighted by Gasteiger charge is -2.22. The molecular weight excluding hydrogens is 466 g/mol. The summed E-state index contributed by atoms with van der Waals surface area (Å²) in [6.07, 6.45) is 8.63. The average Bonchev–Trinajstić information content (AvgIpc) is 2.36. The first kappa shape index (κ1) is 17.3. The molecule has 0 fully saturated rings. The van der Waals surface area contributed by atoms with Crippen molar-refractivity contribution in [3.63, 3.8) is 0 Å². The number of alkyl halides is 2. The molecule has 0 spiro atoms. The maximum atomic E-state index is 9.95. The summed E-state index contributed by atoms with van der Waals surface area (Å²) in [5.74, 6) is -0.00423. The van der Waals surface area contributed by atoms with Gasteiger partial charge in [-0.3, -0.25) is 0 Å². The van der Waals surface area contributed by atoms with Gasteiger partial charge in [-0.05, 0) is 12.5 Å². The molecule has 0 aliphatic rings. The van der Waals surface area contributed by atoms with Crippen molar-refractivity contribution in [1.82, 2.24) is 0 Å². The monoisotopic (exact) mass is 488 g/mol. The summed E-state index contributed by atoms with van der Waals surface area (Å²) in [5.41, 5.74) is 0.822. The predicted molar refractivity (Wildman–Crippen MR) is 97.5 cm³/mol. The van der Waals surface area contributed by atoms with Gasteiger partial charge < -0.3 is 10.2 Å². The molecule has 0 unspecified atom stereocenters. The molecule has 1 rings (SSSR count). The van der Waals surface area contributed by atoms with E-state index < -0.39 is 0 Å². The highest BCUT2D eigenvalue weighted by molar-refractivity contribution is 14.2. The molecule has 1 aromatic carbocycles. The first-order valence-corrected chi connectivity index (χ1v) is 9.04. The second kappa shape index (κ2) is 8.54. The van der Waals surface area contributed by atoms with Gasteiger partial charge in [0.05, 0.1) is 0 Å². The van der Waals surface area contributed by atoms with E-state index >= 15 is 0 Å². The van der Waals surface area contributed by atoms with Gasteiger partial charge in [0.2, 0.25) is 0 Å². The number of aromatic hydroxyl groups is 2. The lowest BCUT2D eigenvalue weighted by atomic mass is 10.0. The third-order valence-corrected chi connectivity index (χ3v) is 5.49. The van der Waals surface area contributed by atoms with Crippen LogP contribution < -0.4 is 0 Å². The summed E-state index contributed by atoms with van der Waals surface area (Å²) in [5, 5.41) is 19.5. The first-order valence-electron chi connectivity index (χ1n) is 6.88. The van der Waals surface area contributed by atoms with Gasteiger partial charge in [-0.25, -0.2) is 0 Å². The van der Waals surface area contributed by atoms with Crippen LogP contribution in [-0.2, 0) is 1.43 Å². The van der Waals surface area contributed by atoms with E-state index in [1.54, 1.807) is 6.07 Å². The van der Waals surface area contributed by atoms with Crippen molar-refractivity contribution in [3.8, 4) is 11.5 Å². The Balaban J connectivity index is 2.49. The van der Waals surface area contributed by atoms with Crippen LogP contribution in [0.25, 0.3) is 0 Å². The number of hydrogen-bond donors (Lipinski definition) is 2. The van der Waals surface area contributed by atoms with Crippen molar-refractivity contribution < 1.29 is 10.2 Å². The van der Waals surface area contributed by atoms with Crippen LogP contribution in [0.15, 0.2) is 18.2 Å². The SMILES string of the molecule is CCCCCCCCC(I)(I)c1cccc(O)c1O. The highest BCUT2D eigenvalue weighted by Crippen LogP contribution is 2.49. The van der Waals surface area contributed by atoms with Gasteiger partial charge in [0.15, 0.2) is 11.5 Å². The minimum Gasteiger partial charge on any atom is -0.504 e. The summed E-state index contributed by atoms with van der Waals surface area (Å²) in [6, 6.07) is 5.20. The molecule has 2 nitrogen and oxygen atoms in total. The van der Waals surface area contributed by atoms with Crippen LogP contribution >= 0.6 is 45.2 Å². The van der Waals surface area contributed by atoms with E-state index in [1.807, 2.05) is 6.07 Å².